The number of ether oxygens (including phenoxy) is 2. The van der Waals surface area contributed by atoms with Gasteiger partial charge in [-0.15, -0.1) is 0 Å². The minimum absolute atomic E-state index is 0.455. The molecule has 0 unspecified atom stereocenters. The van der Waals surface area contributed by atoms with Crippen molar-refractivity contribution in [3.8, 4) is 11.5 Å². The number of aromatic nitrogens is 1. The lowest BCUT2D eigenvalue weighted by Crippen LogP contribution is -2.23. The van der Waals surface area contributed by atoms with Crippen LogP contribution in [-0.4, -0.2) is 18.7 Å². The van der Waals surface area contributed by atoms with Gasteiger partial charge >= 0.3 is 0 Å². The Morgan fingerprint density at radius 3 is 3.10 bits per heavy atom. The van der Waals surface area contributed by atoms with Crippen molar-refractivity contribution >= 4 is 5.82 Å². The largest absolute Gasteiger partial charge is 0.493 e. The zero-order valence-corrected chi connectivity index (χ0v) is 11.5. The minimum atomic E-state index is 0.455. The number of nitrogens with zero attached hydrogens (tertiary/aromatic N) is 1. The summed E-state index contributed by atoms with van der Waals surface area (Å²) < 4.78 is 11.2. The highest BCUT2D eigenvalue weighted by Crippen LogP contribution is 2.36. The van der Waals surface area contributed by atoms with Crippen molar-refractivity contribution in [2.75, 3.05) is 19.5 Å². The first-order valence-electron chi connectivity index (χ1n) is 6.75. The molecule has 20 heavy (non-hydrogen) atoms. The maximum atomic E-state index is 5.89. The van der Waals surface area contributed by atoms with Gasteiger partial charge in [0.1, 0.15) is 5.82 Å². The van der Waals surface area contributed by atoms with Crippen molar-refractivity contribution in [3.63, 3.8) is 0 Å². The number of anilines is 1. The number of benzene rings is 1. The monoisotopic (exact) mass is 270 g/mol. The van der Waals surface area contributed by atoms with Crippen LogP contribution in [0.5, 0.6) is 11.5 Å². The lowest BCUT2D eigenvalue weighted by Gasteiger charge is -2.26. The fraction of sp³-hybridized carbons (Fsp3) is 0.312. The molecule has 2 heterocycles. The first-order valence-corrected chi connectivity index (χ1v) is 6.75. The molecule has 0 amide bonds. The lowest BCUT2D eigenvalue weighted by molar-refractivity contribution is 0.211. The number of rotatable bonds is 3. The number of fused-ring (bicyclic) bond motifs is 1. The Kier molecular flexibility index (Phi) is 3.46. The lowest BCUT2D eigenvalue weighted by atomic mass is 9.91. The second kappa shape index (κ2) is 5.41. The highest BCUT2D eigenvalue weighted by molar-refractivity contribution is 5.48. The topological polar surface area (TPSA) is 57.4 Å². The predicted octanol–water partition coefficient (Wildman–Crippen LogP) is 2.47. The zero-order chi connectivity index (χ0) is 13.9. The van der Waals surface area contributed by atoms with E-state index in [-0.39, 0.29) is 0 Å². The summed E-state index contributed by atoms with van der Waals surface area (Å²) in [5.41, 5.74) is 8.14. The van der Waals surface area contributed by atoms with Gasteiger partial charge < -0.3 is 15.2 Å². The second-order valence-electron chi connectivity index (χ2n) is 5.12. The van der Waals surface area contributed by atoms with Crippen LogP contribution in [0.4, 0.5) is 5.82 Å². The van der Waals surface area contributed by atoms with Crippen LogP contribution >= 0.6 is 0 Å². The molecule has 0 fully saturated rings. The summed E-state index contributed by atoms with van der Waals surface area (Å²) in [6.45, 7) is 0.704. The third-order valence-electron chi connectivity index (χ3n) is 3.62. The van der Waals surface area contributed by atoms with E-state index in [0.717, 1.165) is 24.3 Å². The molecule has 4 nitrogen and oxygen atoms in total. The van der Waals surface area contributed by atoms with Crippen LogP contribution in [0.1, 0.15) is 11.1 Å². The van der Waals surface area contributed by atoms with E-state index in [4.69, 9.17) is 15.2 Å². The van der Waals surface area contributed by atoms with E-state index in [1.54, 1.807) is 13.3 Å². The molecule has 1 aromatic carbocycles. The molecule has 1 aliphatic rings. The molecule has 0 radical (unpaired) electrons. The van der Waals surface area contributed by atoms with Crippen LogP contribution in [0.25, 0.3) is 0 Å². The third-order valence-corrected chi connectivity index (χ3v) is 3.62. The van der Waals surface area contributed by atoms with E-state index in [1.807, 2.05) is 24.3 Å². The van der Waals surface area contributed by atoms with Gasteiger partial charge in [-0.25, -0.2) is 4.98 Å². The molecule has 0 saturated carbocycles. The smallest absolute Gasteiger partial charge is 0.164 e. The summed E-state index contributed by atoms with van der Waals surface area (Å²) in [7, 11) is 1.67. The van der Waals surface area contributed by atoms with Gasteiger partial charge in [-0.3, -0.25) is 0 Å². The summed E-state index contributed by atoms with van der Waals surface area (Å²) in [5, 5.41) is 0. The van der Waals surface area contributed by atoms with E-state index in [2.05, 4.69) is 11.1 Å². The third kappa shape index (κ3) is 2.54. The molecule has 0 aliphatic carbocycles. The van der Waals surface area contributed by atoms with Crippen LogP contribution in [-0.2, 0) is 12.8 Å². The molecule has 2 aromatic rings. The molecule has 0 bridgehead atoms. The maximum Gasteiger partial charge on any atom is 0.164 e. The zero-order valence-electron chi connectivity index (χ0n) is 11.5. The molecule has 1 aliphatic heterocycles. The Balaban J connectivity index is 1.76. The minimum Gasteiger partial charge on any atom is -0.493 e. The molecule has 104 valence electrons. The molecule has 1 aromatic heterocycles. The molecule has 1 atom stereocenters. The van der Waals surface area contributed by atoms with Crippen LogP contribution in [0.15, 0.2) is 36.5 Å². The van der Waals surface area contributed by atoms with Crippen molar-refractivity contribution in [3.05, 3.63) is 47.7 Å². The Bertz CT molecular complexity index is 613. The van der Waals surface area contributed by atoms with Crippen LogP contribution in [0.3, 0.4) is 0 Å². The average Bonchev–Trinajstić information content (AvgIpc) is 2.46. The molecule has 0 saturated heterocycles. The summed E-state index contributed by atoms with van der Waals surface area (Å²) in [5.74, 6) is 2.73. The van der Waals surface area contributed by atoms with Crippen LogP contribution in [0, 0.1) is 5.92 Å². The Hall–Kier alpha value is -2.23. The quantitative estimate of drug-likeness (QED) is 0.930. The molecule has 4 heteroatoms. The number of para-hydroxylation sites is 1. The number of hydrogen-bond donors (Lipinski definition) is 1. The maximum absolute atomic E-state index is 5.89. The standard InChI is InChI=1S/C16H18N2O2/c1-19-14-4-2-3-13-8-12(10-20-16(13)14)7-11-5-6-18-15(17)9-11/h2-6,9,12H,7-8,10H2,1H3,(H2,17,18)/t12-/m1/s1. The fourth-order valence-corrected chi connectivity index (χ4v) is 2.70. The van der Waals surface area contributed by atoms with Gasteiger partial charge in [0.15, 0.2) is 11.5 Å². The van der Waals surface area contributed by atoms with Crippen molar-refractivity contribution in [2.45, 2.75) is 12.8 Å². The van der Waals surface area contributed by atoms with Gasteiger partial charge in [0.2, 0.25) is 0 Å². The Morgan fingerprint density at radius 2 is 2.30 bits per heavy atom. The van der Waals surface area contributed by atoms with E-state index in [0.29, 0.717) is 18.3 Å². The number of methoxy groups -OCH3 is 1. The van der Waals surface area contributed by atoms with Gasteiger partial charge in [0, 0.05) is 12.1 Å². The number of nitrogen functional groups attached to an aromatic ring is 1. The van der Waals surface area contributed by atoms with Gasteiger partial charge in [-0.1, -0.05) is 12.1 Å². The molecule has 2 N–H and O–H groups in total. The predicted molar refractivity (Wildman–Crippen MR) is 78.0 cm³/mol. The highest BCUT2D eigenvalue weighted by atomic mass is 16.5. The van der Waals surface area contributed by atoms with E-state index in [1.165, 1.54) is 11.1 Å². The normalized spacial score (nSPS) is 17.1. The Labute approximate surface area is 118 Å². The van der Waals surface area contributed by atoms with Gasteiger partial charge in [-0.05, 0) is 42.2 Å². The summed E-state index contributed by atoms with van der Waals surface area (Å²) in [6.07, 6.45) is 3.70. The number of pyridine rings is 1. The van der Waals surface area contributed by atoms with Gasteiger partial charge in [0.05, 0.1) is 13.7 Å². The Morgan fingerprint density at radius 1 is 1.40 bits per heavy atom. The molecule has 3 rings (SSSR count). The van der Waals surface area contributed by atoms with Gasteiger partial charge in [-0.2, -0.15) is 0 Å². The first kappa shape index (κ1) is 12.8. The van der Waals surface area contributed by atoms with Crippen molar-refractivity contribution in [2.24, 2.45) is 5.92 Å². The summed E-state index contributed by atoms with van der Waals surface area (Å²) in [6, 6.07) is 9.99. The number of hydrogen-bond acceptors (Lipinski definition) is 4. The van der Waals surface area contributed by atoms with E-state index >= 15 is 0 Å². The fourth-order valence-electron chi connectivity index (χ4n) is 2.70. The SMILES string of the molecule is COc1cccc2c1OC[C@H](Cc1ccnc(N)c1)C2. The average molecular weight is 270 g/mol. The van der Waals surface area contributed by atoms with Crippen LogP contribution in [0.2, 0.25) is 0 Å². The highest BCUT2D eigenvalue weighted by Gasteiger charge is 2.22. The van der Waals surface area contributed by atoms with E-state index < -0.39 is 0 Å². The van der Waals surface area contributed by atoms with Crippen molar-refractivity contribution < 1.29 is 9.47 Å². The summed E-state index contributed by atoms with van der Waals surface area (Å²) in [4.78, 5) is 4.02. The first-order chi connectivity index (χ1) is 9.76. The summed E-state index contributed by atoms with van der Waals surface area (Å²) >= 11 is 0. The molecular weight excluding hydrogens is 252 g/mol. The molecule has 0 spiro atoms. The number of nitrogens with two attached hydrogens (primary N) is 1. The van der Waals surface area contributed by atoms with Crippen LogP contribution < -0.4 is 15.2 Å². The van der Waals surface area contributed by atoms with Crippen molar-refractivity contribution in [1.82, 2.24) is 4.98 Å². The van der Waals surface area contributed by atoms with Gasteiger partial charge in [0.25, 0.3) is 0 Å². The molecular formula is C16H18N2O2. The van der Waals surface area contributed by atoms with E-state index in [9.17, 15) is 0 Å². The van der Waals surface area contributed by atoms with Crippen molar-refractivity contribution in [1.29, 1.82) is 0 Å². The second-order valence-corrected chi connectivity index (χ2v) is 5.12.